The number of nitro groups is 1. The van der Waals surface area contributed by atoms with Crippen LogP contribution in [-0.4, -0.2) is 53.6 Å². The van der Waals surface area contributed by atoms with Gasteiger partial charge in [-0.15, -0.1) is 0 Å². The van der Waals surface area contributed by atoms with Crippen molar-refractivity contribution in [3.63, 3.8) is 0 Å². The fraction of sp³-hybridized carbons (Fsp3) is 0.400. The van der Waals surface area contributed by atoms with Crippen LogP contribution in [0.2, 0.25) is 0 Å². The van der Waals surface area contributed by atoms with Crippen molar-refractivity contribution < 1.29 is 13.3 Å². The van der Waals surface area contributed by atoms with Gasteiger partial charge in [0.05, 0.1) is 11.1 Å². The van der Waals surface area contributed by atoms with Crippen LogP contribution in [0, 0.1) is 10.1 Å². The first-order chi connectivity index (χ1) is 11.9. The molecule has 0 saturated carbocycles. The monoisotopic (exact) mass is 365 g/mol. The number of non-ortho nitro benzene ring substituents is 1. The number of nitro benzene ring substituents is 1. The van der Waals surface area contributed by atoms with Crippen LogP contribution in [-0.2, 0) is 16.6 Å². The number of hydrogen-bond acceptors (Lipinski definition) is 6. The van der Waals surface area contributed by atoms with Crippen LogP contribution in [0.5, 0.6) is 0 Å². The van der Waals surface area contributed by atoms with Gasteiger partial charge in [-0.05, 0) is 19.1 Å². The Morgan fingerprint density at radius 1 is 1.16 bits per heavy atom. The lowest BCUT2D eigenvalue weighted by Crippen LogP contribution is -2.48. The molecule has 10 heteroatoms. The molecule has 1 saturated heterocycles. The van der Waals surface area contributed by atoms with E-state index < -0.39 is 14.9 Å². The van der Waals surface area contributed by atoms with Crippen molar-refractivity contribution in [2.45, 2.75) is 18.4 Å². The zero-order valence-corrected chi connectivity index (χ0v) is 14.6. The molecule has 2 aromatic rings. The molecule has 0 radical (unpaired) electrons. The van der Waals surface area contributed by atoms with Crippen molar-refractivity contribution in [1.82, 2.24) is 14.1 Å². The first kappa shape index (κ1) is 17.4. The van der Waals surface area contributed by atoms with E-state index in [1.54, 1.807) is 16.8 Å². The minimum absolute atomic E-state index is 0.0397. The summed E-state index contributed by atoms with van der Waals surface area (Å²) in [5.41, 5.74) is 0.888. The number of aromatic nitrogens is 2. The highest BCUT2D eigenvalue weighted by atomic mass is 32.2. The Kier molecular flexibility index (Phi) is 4.73. The quantitative estimate of drug-likeness (QED) is 0.585. The molecular weight excluding hydrogens is 346 g/mol. The minimum Gasteiger partial charge on any atom is -0.369 e. The molecule has 1 fully saturated rings. The summed E-state index contributed by atoms with van der Waals surface area (Å²) in [4.78, 5) is 12.5. The Balaban J connectivity index is 1.67. The fourth-order valence-electron chi connectivity index (χ4n) is 2.77. The van der Waals surface area contributed by atoms with Crippen molar-refractivity contribution in [3.05, 3.63) is 46.8 Å². The third-order valence-electron chi connectivity index (χ3n) is 4.24. The van der Waals surface area contributed by atoms with Gasteiger partial charge in [0, 0.05) is 56.7 Å². The maximum atomic E-state index is 12.7. The van der Waals surface area contributed by atoms with E-state index in [1.165, 1.54) is 28.8 Å². The van der Waals surface area contributed by atoms with Gasteiger partial charge in [0.25, 0.3) is 5.69 Å². The van der Waals surface area contributed by atoms with Crippen LogP contribution in [0.1, 0.15) is 6.92 Å². The van der Waals surface area contributed by atoms with Crippen molar-refractivity contribution in [2.24, 2.45) is 0 Å². The lowest BCUT2D eigenvalue weighted by Gasteiger charge is -2.35. The summed E-state index contributed by atoms with van der Waals surface area (Å²) >= 11 is 0. The standard InChI is InChI=1S/C15H19N5O4S/c1-2-18-12-15(11-16-18)25(23,24)19-9-7-17(8-10-19)13-3-5-14(6-4-13)20(21)22/h3-6,11-12H,2,7-10H2,1H3. The van der Waals surface area contributed by atoms with Crippen LogP contribution < -0.4 is 4.90 Å². The van der Waals surface area contributed by atoms with Gasteiger partial charge < -0.3 is 4.90 Å². The summed E-state index contributed by atoms with van der Waals surface area (Å²) < 4.78 is 28.4. The third-order valence-corrected chi connectivity index (χ3v) is 6.09. The van der Waals surface area contributed by atoms with E-state index in [9.17, 15) is 18.5 Å². The van der Waals surface area contributed by atoms with E-state index in [4.69, 9.17) is 0 Å². The van der Waals surface area contributed by atoms with Crippen LogP contribution >= 0.6 is 0 Å². The Morgan fingerprint density at radius 2 is 1.80 bits per heavy atom. The van der Waals surface area contributed by atoms with Gasteiger partial charge in [-0.25, -0.2) is 8.42 Å². The molecule has 1 aromatic heterocycles. The number of sulfonamides is 1. The second-order valence-corrected chi connectivity index (χ2v) is 7.63. The van der Waals surface area contributed by atoms with E-state index in [-0.39, 0.29) is 10.6 Å². The summed E-state index contributed by atoms with van der Waals surface area (Å²) in [5.74, 6) is 0. The molecule has 25 heavy (non-hydrogen) atoms. The number of benzene rings is 1. The molecule has 3 rings (SSSR count). The number of hydrogen-bond donors (Lipinski definition) is 0. The van der Waals surface area contributed by atoms with Crippen molar-refractivity contribution in [3.8, 4) is 0 Å². The van der Waals surface area contributed by atoms with Crippen LogP contribution in [0.15, 0.2) is 41.6 Å². The van der Waals surface area contributed by atoms with Gasteiger partial charge >= 0.3 is 0 Å². The molecule has 134 valence electrons. The zero-order chi connectivity index (χ0) is 18.0. The normalized spacial score (nSPS) is 16.1. The van der Waals surface area contributed by atoms with Crippen LogP contribution in [0.25, 0.3) is 0 Å². The van der Waals surface area contributed by atoms with Crippen molar-refractivity contribution in [1.29, 1.82) is 0 Å². The highest BCUT2D eigenvalue weighted by molar-refractivity contribution is 7.89. The summed E-state index contributed by atoms with van der Waals surface area (Å²) in [6.45, 7) is 4.28. The fourth-order valence-corrected chi connectivity index (χ4v) is 4.15. The average molecular weight is 365 g/mol. The van der Waals surface area contributed by atoms with E-state index in [1.807, 2.05) is 11.8 Å². The molecule has 1 aliphatic heterocycles. The van der Waals surface area contributed by atoms with Crippen molar-refractivity contribution in [2.75, 3.05) is 31.1 Å². The lowest BCUT2D eigenvalue weighted by atomic mass is 10.2. The Hall–Kier alpha value is -2.46. The average Bonchev–Trinajstić information content (AvgIpc) is 3.12. The molecule has 1 aliphatic rings. The maximum absolute atomic E-state index is 12.7. The van der Waals surface area contributed by atoms with Crippen molar-refractivity contribution >= 4 is 21.4 Å². The summed E-state index contributed by atoms with van der Waals surface area (Å²) in [7, 11) is -3.54. The Bertz CT molecular complexity index is 854. The highest BCUT2D eigenvalue weighted by Gasteiger charge is 2.29. The number of nitrogens with zero attached hydrogens (tertiary/aromatic N) is 5. The smallest absolute Gasteiger partial charge is 0.269 e. The van der Waals surface area contributed by atoms with Crippen LogP contribution in [0.3, 0.4) is 0 Å². The second-order valence-electron chi connectivity index (χ2n) is 5.70. The molecule has 2 heterocycles. The van der Waals surface area contributed by atoms with E-state index >= 15 is 0 Å². The predicted octanol–water partition coefficient (Wildman–Crippen LogP) is 1.32. The molecule has 0 bridgehead atoms. The van der Waals surface area contributed by atoms with Gasteiger partial charge in [-0.2, -0.15) is 9.40 Å². The zero-order valence-electron chi connectivity index (χ0n) is 13.8. The Labute approximate surface area is 145 Å². The summed E-state index contributed by atoms with van der Waals surface area (Å²) in [6, 6.07) is 6.29. The first-order valence-corrected chi connectivity index (χ1v) is 9.38. The molecule has 0 amide bonds. The molecule has 0 N–H and O–H groups in total. The predicted molar refractivity (Wildman–Crippen MR) is 92.0 cm³/mol. The third kappa shape index (κ3) is 3.49. The minimum atomic E-state index is -3.54. The molecule has 0 spiro atoms. The molecule has 9 nitrogen and oxygen atoms in total. The topological polar surface area (TPSA) is 102 Å². The summed E-state index contributed by atoms with van der Waals surface area (Å²) in [6.07, 6.45) is 2.92. The maximum Gasteiger partial charge on any atom is 0.269 e. The number of anilines is 1. The van der Waals surface area contributed by atoms with E-state index in [0.717, 1.165) is 5.69 Å². The van der Waals surface area contributed by atoms with Gasteiger partial charge in [0.2, 0.25) is 10.0 Å². The number of rotatable bonds is 5. The van der Waals surface area contributed by atoms with Gasteiger partial charge in [-0.3, -0.25) is 14.8 Å². The van der Waals surface area contributed by atoms with Gasteiger partial charge in [0.1, 0.15) is 4.90 Å². The van der Waals surface area contributed by atoms with Crippen LogP contribution in [0.4, 0.5) is 11.4 Å². The molecule has 0 atom stereocenters. The second kappa shape index (κ2) is 6.81. The first-order valence-electron chi connectivity index (χ1n) is 7.94. The largest absolute Gasteiger partial charge is 0.369 e. The summed E-state index contributed by atoms with van der Waals surface area (Å²) in [5, 5.41) is 14.7. The van der Waals surface area contributed by atoms with Gasteiger partial charge in [0.15, 0.2) is 0 Å². The van der Waals surface area contributed by atoms with E-state index in [0.29, 0.717) is 32.7 Å². The highest BCUT2D eigenvalue weighted by Crippen LogP contribution is 2.23. The SMILES string of the molecule is CCn1cc(S(=O)(=O)N2CCN(c3ccc([N+](=O)[O-])cc3)CC2)cn1. The number of piperazine rings is 1. The number of aryl methyl sites for hydroxylation is 1. The molecule has 0 unspecified atom stereocenters. The Morgan fingerprint density at radius 3 is 2.32 bits per heavy atom. The molecular formula is C15H19N5O4S. The molecule has 0 aliphatic carbocycles. The molecule has 1 aromatic carbocycles. The lowest BCUT2D eigenvalue weighted by molar-refractivity contribution is -0.384. The van der Waals surface area contributed by atoms with E-state index in [2.05, 4.69) is 5.10 Å². The van der Waals surface area contributed by atoms with Gasteiger partial charge in [-0.1, -0.05) is 0 Å².